The van der Waals surface area contributed by atoms with Gasteiger partial charge >= 0.3 is 0 Å². The maximum Gasteiger partial charge on any atom is 0.258 e. The third-order valence-corrected chi connectivity index (χ3v) is 3.42. The Bertz CT molecular complexity index is 632. The molecule has 0 aliphatic heterocycles. The number of hydrogen-bond donors (Lipinski definition) is 3. The number of rotatable bonds is 4. The minimum atomic E-state index is -0.500. The summed E-state index contributed by atoms with van der Waals surface area (Å²) in [4.78, 5) is 19.0. The summed E-state index contributed by atoms with van der Waals surface area (Å²) in [5, 5.41) is 13.4. The van der Waals surface area contributed by atoms with Crippen molar-refractivity contribution in [1.82, 2.24) is 15.3 Å². The van der Waals surface area contributed by atoms with Crippen LogP contribution in [0.2, 0.25) is 0 Å². The molecule has 1 unspecified atom stereocenters. The van der Waals surface area contributed by atoms with E-state index in [1.807, 2.05) is 32.0 Å². The number of nitrogens with zero attached hydrogens (tertiary/aromatic N) is 1. The predicted molar refractivity (Wildman–Crippen MR) is 75.0 cm³/mol. The van der Waals surface area contributed by atoms with Gasteiger partial charge in [0.1, 0.15) is 5.82 Å². The largest absolute Gasteiger partial charge is 0.392 e. The summed E-state index contributed by atoms with van der Waals surface area (Å²) in [6, 6.07) is 7.23. The topological polar surface area (TPSA) is 78.0 Å². The number of aromatic nitrogens is 2. The summed E-state index contributed by atoms with van der Waals surface area (Å²) in [5.74, 6) is 0.567. The Labute approximate surface area is 111 Å². The van der Waals surface area contributed by atoms with Crippen molar-refractivity contribution in [2.24, 2.45) is 0 Å². The average molecular weight is 261 g/mol. The van der Waals surface area contributed by atoms with Crippen LogP contribution in [0.3, 0.4) is 0 Å². The van der Waals surface area contributed by atoms with E-state index in [1.165, 1.54) is 0 Å². The number of H-pyrrole nitrogens is 1. The van der Waals surface area contributed by atoms with Crippen molar-refractivity contribution in [3.8, 4) is 0 Å². The molecule has 2 rings (SSSR count). The van der Waals surface area contributed by atoms with Gasteiger partial charge in [-0.3, -0.25) is 4.79 Å². The number of aliphatic hydroxyl groups excluding tert-OH is 1. The van der Waals surface area contributed by atoms with E-state index in [2.05, 4.69) is 15.3 Å². The second-order valence-electron chi connectivity index (χ2n) is 5.28. The van der Waals surface area contributed by atoms with Crippen LogP contribution in [-0.2, 0) is 6.54 Å². The van der Waals surface area contributed by atoms with Gasteiger partial charge in [-0.1, -0.05) is 12.1 Å². The number of aliphatic hydroxyl groups is 1. The molecule has 3 N–H and O–H groups in total. The summed E-state index contributed by atoms with van der Waals surface area (Å²) >= 11 is 0. The van der Waals surface area contributed by atoms with Gasteiger partial charge in [0.15, 0.2) is 0 Å². The summed E-state index contributed by atoms with van der Waals surface area (Å²) in [6.07, 6.45) is -0.500. The van der Waals surface area contributed by atoms with Crippen LogP contribution >= 0.6 is 0 Å². The van der Waals surface area contributed by atoms with Crippen LogP contribution in [0.25, 0.3) is 10.9 Å². The van der Waals surface area contributed by atoms with E-state index in [1.54, 1.807) is 13.0 Å². The van der Waals surface area contributed by atoms with Gasteiger partial charge < -0.3 is 15.4 Å². The molecule has 1 atom stereocenters. The normalized spacial score (nSPS) is 13.7. The Balaban J connectivity index is 2.25. The zero-order valence-corrected chi connectivity index (χ0v) is 11.4. The molecular formula is C14H19N3O2. The van der Waals surface area contributed by atoms with Crippen LogP contribution in [-0.4, -0.2) is 26.7 Å². The number of hydrogen-bond acceptors (Lipinski definition) is 4. The molecule has 0 fully saturated rings. The highest BCUT2D eigenvalue weighted by molar-refractivity contribution is 5.77. The van der Waals surface area contributed by atoms with Crippen molar-refractivity contribution in [2.45, 2.75) is 39.0 Å². The molecule has 1 aromatic carbocycles. The van der Waals surface area contributed by atoms with E-state index in [9.17, 15) is 9.90 Å². The van der Waals surface area contributed by atoms with Crippen molar-refractivity contribution >= 4 is 10.9 Å². The molecule has 5 nitrogen and oxygen atoms in total. The Morgan fingerprint density at radius 1 is 1.42 bits per heavy atom. The molecule has 0 bridgehead atoms. The van der Waals surface area contributed by atoms with Crippen LogP contribution < -0.4 is 10.9 Å². The third kappa shape index (κ3) is 3.00. The average Bonchev–Trinajstić information content (AvgIpc) is 2.36. The molecule has 0 saturated heterocycles. The molecule has 0 aliphatic rings. The Morgan fingerprint density at radius 3 is 2.79 bits per heavy atom. The SMILES string of the molecule is CC(O)C(C)(C)NCc1nc2ccccc2c(=O)[nH]1. The number of fused-ring (bicyclic) bond motifs is 1. The van der Waals surface area contributed by atoms with Crippen LogP contribution in [0.1, 0.15) is 26.6 Å². The molecule has 1 aromatic heterocycles. The lowest BCUT2D eigenvalue weighted by Crippen LogP contribution is -2.48. The minimum Gasteiger partial charge on any atom is -0.392 e. The van der Waals surface area contributed by atoms with Crippen molar-refractivity contribution in [3.05, 3.63) is 40.4 Å². The lowest BCUT2D eigenvalue weighted by Gasteiger charge is -2.29. The number of benzene rings is 1. The molecule has 19 heavy (non-hydrogen) atoms. The van der Waals surface area contributed by atoms with Crippen LogP contribution in [0.4, 0.5) is 0 Å². The first-order valence-electron chi connectivity index (χ1n) is 6.31. The zero-order valence-electron chi connectivity index (χ0n) is 11.4. The second kappa shape index (κ2) is 5.11. The highest BCUT2D eigenvalue weighted by Gasteiger charge is 2.23. The molecule has 5 heteroatoms. The van der Waals surface area contributed by atoms with Gasteiger partial charge in [-0.25, -0.2) is 4.98 Å². The molecule has 0 radical (unpaired) electrons. The minimum absolute atomic E-state index is 0.141. The first-order chi connectivity index (χ1) is 8.90. The summed E-state index contributed by atoms with van der Waals surface area (Å²) in [7, 11) is 0. The number of para-hydroxylation sites is 1. The highest BCUT2D eigenvalue weighted by Crippen LogP contribution is 2.10. The van der Waals surface area contributed by atoms with E-state index in [-0.39, 0.29) is 5.56 Å². The number of aromatic amines is 1. The van der Waals surface area contributed by atoms with E-state index in [0.29, 0.717) is 23.3 Å². The molecule has 0 spiro atoms. The molecular weight excluding hydrogens is 242 g/mol. The standard InChI is InChI=1S/C14H19N3O2/c1-9(18)14(2,3)15-8-12-16-11-7-5-4-6-10(11)13(19)17-12/h4-7,9,15,18H,8H2,1-3H3,(H,16,17,19). The molecule has 1 heterocycles. The second-order valence-corrected chi connectivity index (χ2v) is 5.28. The first-order valence-corrected chi connectivity index (χ1v) is 6.31. The number of nitrogens with one attached hydrogen (secondary N) is 2. The summed E-state index contributed by atoms with van der Waals surface area (Å²) in [5.41, 5.74) is 0.0969. The van der Waals surface area contributed by atoms with Gasteiger partial charge in [0, 0.05) is 5.54 Å². The molecule has 0 aliphatic carbocycles. The van der Waals surface area contributed by atoms with Gasteiger partial charge in [-0.2, -0.15) is 0 Å². The fraction of sp³-hybridized carbons (Fsp3) is 0.429. The first kappa shape index (κ1) is 13.7. The maximum atomic E-state index is 11.9. The quantitative estimate of drug-likeness (QED) is 0.772. The van der Waals surface area contributed by atoms with Gasteiger partial charge in [-0.15, -0.1) is 0 Å². The zero-order chi connectivity index (χ0) is 14.0. The van der Waals surface area contributed by atoms with Gasteiger partial charge in [-0.05, 0) is 32.9 Å². The van der Waals surface area contributed by atoms with Gasteiger partial charge in [0.05, 0.1) is 23.6 Å². The van der Waals surface area contributed by atoms with E-state index < -0.39 is 11.6 Å². The fourth-order valence-corrected chi connectivity index (χ4v) is 1.68. The highest BCUT2D eigenvalue weighted by atomic mass is 16.3. The summed E-state index contributed by atoms with van der Waals surface area (Å²) in [6.45, 7) is 5.93. The fourth-order valence-electron chi connectivity index (χ4n) is 1.68. The Kier molecular flexibility index (Phi) is 3.68. The monoisotopic (exact) mass is 261 g/mol. The lowest BCUT2D eigenvalue weighted by atomic mass is 9.99. The molecule has 0 saturated carbocycles. The van der Waals surface area contributed by atoms with Crippen molar-refractivity contribution < 1.29 is 5.11 Å². The maximum absolute atomic E-state index is 11.9. The van der Waals surface area contributed by atoms with Crippen molar-refractivity contribution in [1.29, 1.82) is 0 Å². The Morgan fingerprint density at radius 2 is 2.11 bits per heavy atom. The van der Waals surface area contributed by atoms with Crippen molar-refractivity contribution in [2.75, 3.05) is 0 Å². The van der Waals surface area contributed by atoms with Gasteiger partial charge in [0.2, 0.25) is 0 Å². The molecule has 102 valence electrons. The van der Waals surface area contributed by atoms with Gasteiger partial charge in [0.25, 0.3) is 5.56 Å². The van der Waals surface area contributed by atoms with E-state index >= 15 is 0 Å². The van der Waals surface area contributed by atoms with Crippen LogP contribution in [0.5, 0.6) is 0 Å². The molecule has 0 amide bonds. The van der Waals surface area contributed by atoms with Crippen molar-refractivity contribution in [3.63, 3.8) is 0 Å². The Hall–Kier alpha value is -1.72. The van der Waals surface area contributed by atoms with Crippen LogP contribution in [0, 0.1) is 0 Å². The smallest absolute Gasteiger partial charge is 0.258 e. The van der Waals surface area contributed by atoms with E-state index in [0.717, 1.165) is 0 Å². The summed E-state index contributed by atoms with van der Waals surface area (Å²) < 4.78 is 0. The third-order valence-electron chi connectivity index (χ3n) is 3.42. The van der Waals surface area contributed by atoms with E-state index in [4.69, 9.17) is 0 Å². The lowest BCUT2D eigenvalue weighted by molar-refractivity contribution is 0.0951. The predicted octanol–water partition coefficient (Wildman–Crippen LogP) is 1.17. The van der Waals surface area contributed by atoms with Crippen LogP contribution in [0.15, 0.2) is 29.1 Å². The molecule has 2 aromatic rings.